The van der Waals surface area contributed by atoms with Gasteiger partial charge in [-0.3, -0.25) is 0 Å². The van der Waals surface area contributed by atoms with Crippen LogP contribution >= 0.6 is 0 Å². The first kappa shape index (κ1) is 14.9. The van der Waals surface area contributed by atoms with E-state index < -0.39 is 0 Å². The third-order valence-corrected chi connectivity index (χ3v) is 5.73. The Morgan fingerprint density at radius 3 is 2.81 bits per heavy atom. The molecule has 0 heterocycles. The van der Waals surface area contributed by atoms with E-state index in [4.69, 9.17) is 4.74 Å². The average Bonchev–Trinajstić information content (AvgIpc) is 2.96. The Hall–Kier alpha value is -1.02. The van der Waals surface area contributed by atoms with Crippen molar-refractivity contribution in [3.8, 4) is 5.75 Å². The van der Waals surface area contributed by atoms with Crippen LogP contribution < -0.4 is 10.1 Å². The number of fused-ring (bicyclic) bond motifs is 1. The van der Waals surface area contributed by atoms with E-state index in [0.29, 0.717) is 12.1 Å². The smallest absolute Gasteiger partial charge is 0.120 e. The summed E-state index contributed by atoms with van der Waals surface area (Å²) in [5, 5.41) is 3.69. The van der Waals surface area contributed by atoms with Crippen LogP contribution in [0.15, 0.2) is 18.2 Å². The molecule has 0 amide bonds. The Balaban J connectivity index is 1.65. The van der Waals surface area contributed by atoms with E-state index in [2.05, 4.69) is 44.3 Å². The highest BCUT2D eigenvalue weighted by atomic mass is 16.5. The minimum atomic E-state index is 0.272. The minimum Gasteiger partial charge on any atom is -0.490 e. The lowest BCUT2D eigenvalue weighted by Gasteiger charge is -2.53. The van der Waals surface area contributed by atoms with Crippen molar-refractivity contribution in [2.45, 2.75) is 71.4 Å². The first-order valence-corrected chi connectivity index (χ1v) is 8.69. The van der Waals surface area contributed by atoms with Gasteiger partial charge in [0.25, 0.3) is 0 Å². The van der Waals surface area contributed by atoms with Gasteiger partial charge in [-0.05, 0) is 61.9 Å². The fourth-order valence-electron chi connectivity index (χ4n) is 3.89. The molecule has 3 rings (SSSR count). The summed E-state index contributed by atoms with van der Waals surface area (Å²) in [7, 11) is 0. The molecule has 2 aliphatic carbocycles. The molecule has 1 aromatic carbocycles. The van der Waals surface area contributed by atoms with Crippen LogP contribution in [0.4, 0.5) is 0 Å². The third kappa shape index (κ3) is 2.70. The molecule has 1 aromatic rings. The van der Waals surface area contributed by atoms with Gasteiger partial charge >= 0.3 is 0 Å². The van der Waals surface area contributed by atoms with Crippen molar-refractivity contribution < 1.29 is 4.74 Å². The van der Waals surface area contributed by atoms with Crippen LogP contribution in [0.3, 0.4) is 0 Å². The molecule has 0 aliphatic heterocycles. The number of hydrogen-bond acceptors (Lipinski definition) is 2. The molecule has 1 fully saturated rings. The molecule has 0 spiro atoms. The van der Waals surface area contributed by atoms with E-state index in [9.17, 15) is 0 Å². The predicted octanol–water partition coefficient (Wildman–Crippen LogP) is 4.11. The predicted molar refractivity (Wildman–Crippen MR) is 88.0 cm³/mol. The van der Waals surface area contributed by atoms with E-state index in [1.165, 1.54) is 43.2 Å². The van der Waals surface area contributed by atoms with Crippen molar-refractivity contribution >= 4 is 0 Å². The van der Waals surface area contributed by atoms with Crippen molar-refractivity contribution in [1.82, 2.24) is 5.32 Å². The van der Waals surface area contributed by atoms with Gasteiger partial charge in [-0.25, -0.2) is 0 Å². The number of rotatable bonds is 6. The monoisotopic (exact) mass is 287 g/mol. The summed E-state index contributed by atoms with van der Waals surface area (Å²) in [4.78, 5) is 0. The van der Waals surface area contributed by atoms with Crippen LogP contribution in [0.5, 0.6) is 5.75 Å². The lowest BCUT2D eigenvalue weighted by atomic mass is 9.61. The maximum atomic E-state index is 6.35. The Morgan fingerprint density at radius 2 is 2.05 bits per heavy atom. The highest BCUT2D eigenvalue weighted by Gasteiger charge is 2.51. The van der Waals surface area contributed by atoms with E-state index in [0.717, 1.165) is 18.7 Å². The van der Waals surface area contributed by atoms with Gasteiger partial charge in [0.15, 0.2) is 0 Å². The second-order valence-electron chi connectivity index (χ2n) is 6.99. The van der Waals surface area contributed by atoms with Crippen molar-refractivity contribution in [3.63, 3.8) is 0 Å². The van der Waals surface area contributed by atoms with Gasteiger partial charge in [0, 0.05) is 17.9 Å². The number of benzene rings is 1. The number of hydrogen-bond donors (Lipinski definition) is 1. The first-order chi connectivity index (χ1) is 10.2. The molecule has 0 saturated heterocycles. The summed E-state index contributed by atoms with van der Waals surface area (Å²) in [5.41, 5.74) is 3.30. The molecule has 3 atom stereocenters. The third-order valence-electron chi connectivity index (χ3n) is 5.73. The average molecular weight is 287 g/mol. The number of ether oxygens (including phenoxy) is 1. The fourth-order valence-corrected chi connectivity index (χ4v) is 3.89. The Morgan fingerprint density at radius 1 is 1.24 bits per heavy atom. The molecule has 0 bridgehead atoms. The summed E-state index contributed by atoms with van der Waals surface area (Å²) < 4.78 is 6.35. The van der Waals surface area contributed by atoms with Crippen LogP contribution in [-0.4, -0.2) is 18.7 Å². The normalized spacial score (nSPS) is 30.8. The second kappa shape index (κ2) is 6.00. The molecule has 116 valence electrons. The van der Waals surface area contributed by atoms with Crippen LogP contribution in [0.25, 0.3) is 0 Å². The Kier molecular flexibility index (Phi) is 4.26. The molecule has 2 heteroatoms. The van der Waals surface area contributed by atoms with E-state index >= 15 is 0 Å². The molecule has 0 radical (unpaired) electrons. The summed E-state index contributed by atoms with van der Waals surface area (Å²) >= 11 is 0. The van der Waals surface area contributed by atoms with E-state index in [1.54, 1.807) is 0 Å². The van der Waals surface area contributed by atoms with Gasteiger partial charge in [-0.2, -0.15) is 0 Å². The Bertz CT molecular complexity index is 498. The molecular formula is C19H29NO. The SMILES string of the molecule is CCCNC1CC(Oc2ccc3c(c2)CCC3)C1(C)CC. The molecule has 2 nitrogen and oxygen atoms in total. The lowest BCUT2D eigenvalue weighted by Crippen LogP contribution is -2.63. The molecule has 1 saturated carbocycles. The van der Waals surface area contributed by atoms with Gasteiger partial charge in [0.2, 0.25) is 0 Å². The van der Waals surface area contributed by atoms with Gasteiger partial charge in [0.1, 0.15) is 11.9 Å². The first-order valence-electron chi connectivity index (χ1n) is 8.69. The van der Waals surface area contributed by atoms with Gasteiger partial charge in [-0.1, -0.05) is 26.8 Å². The van der Waals surface area contributed by atoms with Gasteiger partial charge < -0.3 is 10.1 Å². The molecule has 1 N–H and O–H groups in total. The number of aryl methyl sites for hydroxylation is 2. The Labute approximate surface area is 129 Å². The van der Waals surface area contributed by atoms with E-state index in [-0.39, 0.29) is 5.41 Å². The van der Waals surface area contributed by atoms with Gasteiger partial charge in [-0.15, -0.1) is 0 Å². The van der Waals surface area contributed by atoms with Gasteiger partial charge in [0.05, 0.1) is 0 Å². The van der Waals surface area contributed by atoms with Crippen molar-refractivity contribution in [3.05, 3.63) is 29.3 Å². The van der Waals surface area contributed by atoms with Crippen molar-refractivity contribution in [1.29, 1.82) is 0 Å². The maximum Gasteiger partial charge on any atom is 0.120 e. The largest absolute Gasteiger partial charge is 0.490 e. The van der Waals surface area contributed by atoms with Crippen LogP contribution in [-0.2, 0) is 12.8 Å². The fraction of sp³-hybridized carbons (Fsp3) is 0.684. The maximum absolute atomic E-state index is 6.35. The highest BCUT2D eigenvalue weighted by Crippen LogP contribution is 2.46. The standard InChI is InChI=1S/C19H29NO/c1-4-11-20-17-13-18(19(17,3)5-2)21-16-10-9-14-7-6-8-15(14)12-16/h9-10,12,17-18,20H,4-8,11,13H2,1-3H3. The van der Waals surface area contributed by atoms with Crippen molar-refractivity contribution in [2.24, 2.45) is 5.41 Å². The summed E-state index contributed by atoms with van der Waals surface area (Å²) in [6.07, 6.45) is 7.64. The molecule has 2 aliphatic rings. The molecule has 21 heavy (non-hydrogen) atoms. The zero-order valence-electron chi connectivity index (χ0n) is 13.7. The highest BCUT2D eigenvalue weighted by molar-refractivity contribution is 5.38. The topological polar surface area (TPSA) is 21.3 Å². The summed E-state index contributed by atoms with van der Waals surface area (Å²) in [6, 6.07) is 7.34. The second-order valence-corrected chi connectivity index (χ2v) is 6.99. The minimum absolute atomic E-state index is 0.272. The molecular weight excluding hydrogens is 258 g/mol. The van der Waals surface area contributed by atoms with Crippen LogP contribution in [0.1, 0.15) is 57.6 Å². The quantitative estimate of drug-likeness (QED) is 0.850. The van der Waals surface area contributed by atoms with Crippen LogP contribution in [0, 0.1) is 5.41 Å². The molecule has 3 unspecified atom stereocenters. The summed E-state index contributed by atoms with van der Waals surface area (Å²) in [6.45, 7) is 8.01. The zero-order valence-corrected chi connectivity index (χ0v) is 13.7. The lowest BCUT2D eigenvalue weighted by molar-refractivity contribution is -0.0701. The van der Waals surface area contributed by atoms with E-state index in [1.807, 2.05) is 0 Å². The van der Waals surface area contributed by atoms with Crippen LogP contribution in [0.2, 0.25) is 0 Å². The van der Waals surface area contributed by atoms with Crippen molar-refractivity contribution in [2.75, 3.05) is 6.54 Å². The molecule has 0 aromatic heterocycles. The summed E-state index contributed by atoms with van der Waals surface area (Å²) in [5.74, 6) is 1.08. The number of nitrogens with one attached hydrogen (secondary N) is 1. The zero-order chi connectivity index (χ0) is 14.9.